The van der Waals surface area contributed by atoms with E-state index >= 15 is 0 Å². The number of carbonyl (C=O) groups excluding carboxylic acids is 1. The first-order valence-corrected chi connectivity index (χ1v) is 3.84. The van der Waals surface area contributed by atoms with E-state index in [1.807, 2.05) is 13.8 Å². The van der Waals surface area contributed by atoms with Gasteiger partial charge in [0.1, 0.15) is 0 Å². The van der Waals surface area contributed by atoms with Gasteiger partial charge in [-0.05, 0) is 13.8 Å². The van der Waals surface area contributed by atoms with Crippen molar-refractivity contribution >= 4 is 6.09 Å². The average molecular weight is 156 g/mol. The fourth-order valence-corrected chi connectivity index (χ4v) is 1.54. The van der Waals surface area contributed by atoms with E-state index in [4.69, 9.17) is 4.74 Å². The van der Waals surface area contributed by atoms with Crippen LogP contribution < -0.4 is 5.32 Å². The summed E-state index contributed by atoms with van der Waals surface area (Å²) in [5.41, 5.74) is -0.371. The molecule has 0 spiro atoms. The molecule has 2 fully saturated rings. The molecule has 1 N–H and O–H groups in total. The van der Waals surface area contributed by atoms with Crippen molar-refractivity contribution in [3.63, 3.8) is 0 Å². The summed E-state index contributed by atoms with van der Waals surface area (Å²) in [6.07, 6.45) is -0.179. The molecule has 4 heteroatoms. The van der Waals surface area contributed by atoms with Crippen molar-refractivity contribution in [2.45, 2.75) is 25.6 Å². The third-order valence-corrected chi connectivity index (χ3v) is 2.24. The third-order valence-electron chi connectivity index (χ3n) is 2.24. The zero-order valence-corrected chi connectivity index (χ0v) is 6.76. The molecule has 1 amide bonds. The second kappa shape index (κ2) is 1.88. The zero-order valence-electron chi connectivity index (χ0n) is 6.76. The van der Waals surface area contributed by atoms with Crippen molar-refractivity contribution in [2.24, 2.45) is 0 Å². The lowest BCUT2D eigenvalue weighted by Gasteiger charge is -2.53. The molecule has 0 unspecified atom stereocenters. The second-order valence-electron chi connectivity index (χ2n) is 3.50. The van der Waals surface area contributed by atoms with E-state index in [1.165, 1.54) is 0 Å². The minimum atomic E-state index is -0.371. The highest BCUT2D eigenvalue weighted by atomic mass is 16.6. The molecule has 4 nitrogen and oxygen atoms in total. The van der Waals surface area contributed by atoms with E-state index in [1.54, 1.807) is 4.90 Å². The Hall–Kier alpha value is -0.770. The number of amides is 1. The Morgan fingerprint density at radius 1 is 1.64 bits per heavy atom. The van der Waals surface area contributed by atoms with Crippen LogP contribution in [0.3, 0.4) is 0 Å². The van der Waals surface area contributed by atoms with Gasteiger partial charge in [0.15, 0.2) is 5.72 Å². The molecule has 2 aliphatic rings. The fourth-order valence-electron chi connectivity index (χ4n) is 1.54. The Balaban J connectivity index is 2.05. The second-order valence-corrected chi connectivity index (χ2v) is 3.50. The highest BCUT2D eigenvalue weighted by Gasteiger charge is 2.51. The topological polar surface area (TPSA) is 41.6 Å². The molecule has 0 atom stereocenters. The quantitative estimate of drug-likeness (QED) is 0.587. The predicted molar refractivity (Wildman–Crippen MR) is 39.1 cm³/mol. The van der Waals surface area contributed by atoms with Crippen LogP contribution in [0.5, 0.6) is 0 Å². The van der Waals surface area contributed by atoms with E-state index in [2.05, 4.69) is 5.32 Å². The van der Waals surface area contributed by atoms with Gasteiger partial charge in [-0.2, -0.15) is 0 Å². The monoisotopic (exact) mass is 156 g/mol. The molecule has 0 bridgehead atoms. The number of nitrogens with one attached hydrogen (secondary N) is 1. The molecule has 0 aromatic carbocycles. The molecule has 62 valence electrons. The van der Waals surface area contributed by atoms with E-state index in [0.29, 0.717) is 6.04 Å². The lowest BCUT2D eigenvalue weighted by atomic mass is 10.1. The summed E-state index contributed by atoms with van der Waals surface area (Å²) in [5.74, 6) is 0. The molecule has 0 aromatic rings. The summed E-state index contributed by atoms with van der Waals surface area (Å²) >= 11 is 0. The molecule has 2 heterocycles. The number of hydrogen-bond acceptors (Lipinski definition) is 3. The van der Waals surface area contributed by atoms with Crippen LogP contribution in [0.15, 0.2) is 0 Å². The van der Waals surface area contributed by atoms with Gasteiger partial charge < -0.3 is 10.1 Å². The van der Waals surface area contributed by atoms with E-state index < -0.39 is 0 Å². The summed E-state index contributed by atoms with van der Waals surface area (Å²) < 4.78 is 4.96. The Labute approximate surface area is 65.5 Å². The van der Waals surface area contributed by atoms with Gasteiger partial charge in [0.05, 0.1) is 6.04 Å². The lowest BCUT2D eigenvalue weighted by molar-refractivity contribution is -0.184. The maximum Gasteiger partial charge on any atom is 0.415 e. The minimum absolute atomic E-state index is 0.179. The van der Waals surface area contributed by atoms with Crippen LogP contribution in [0, 0.1) is 0 Å². The normalized spacial score (nSPS) is 28.9. The van der Waals surface area contributed by atoms with Crippen LogP contribution in [0.1, 0.15) is 13.8 Å². The van der Waals surface area contributed by atoms with Crippen molar-refractivity contribution in [3.05, 3.63) is 0 Å². The minimum Gasteiger partial charge on any atom is -0.423 e. The number of hydrogen-bond donors (Lipinski definition) is 1. The molecule has 11 heavy (non-hydrogen) atoms. The van der Waals surface area contributed by atoms with Crippen LogP contribution in [0.25, 0.3) is 0 Å². The third kappa shape index (κ3) is 0.822. The largest absolute Gasteiger partial charge is 0.423 e. The summed E-state index contributed by atoms with van der Waals surface area (Å²) in [6, 6.07) is 0.353. The van der Waals surface area contributed by atoms with Crippen LogP contribution in [-0.2, 0) is 4.74 Å². The standard InChI is InChI=1S/C7H12N2O2/c1-7(2)9(6(10)11-7)5-3-8-4-5/h5,8H,3-4H2,1-2H3. The maximum absolute atomic E-state index is 11.0. The number of nitrogens with zero attached hydrogens (tertiary/aromatic N) is 1. The van der Waals surface area contributed by atoms with Gasteiger partial charge in [0, 0.05) is 13.1 Å². The zero-order chi connectivity index (χ0) is 8.06. The summed E-state index contributed by atoms with van der Waals surface area (Å²) in [6.45, 7) is 5.62. The van der Waals surface area contributed by atoms with Crippen LogP contribution in [0.2, 0.25) is 0 Å². The Morgan fingerprint density at radius 3 is 2.45 bits per heavy atom. The molecular weight excluding hydrogens is 144 g/mol. The van der Waals surface area contributed by atoms with Crippen LogP contribution >= 0.6 is 0 Å². The van der Waals surface area contributed by atoms with Crippen LogP contribution in [-0.4, -0.2) is 35.8 Å². The SMILES string of the molecule is CC1(C)OC(=O)N1C1CNC1. The smallest absolute Gasteiger partial charge is 0.415 e. The molecule has 0 aromatic heterocycles. The first-order valence-electron chi connectivity index (χ1n) is 3.84. The molecule has 0 radical (unpaired) electrons. The first kappa shape index (κ1) is 6.91. The summed E-state index contributed by atoms with van der Waals surface area (Å²) in [5, 5.41) is 3.12. The Morgan fingerprint density at radius 2 is 2.27 bits per heavy atom. The Bertz CT molecular complexity index is 199. The number of carbonyl (C=O) groups is 1. The van der Waals surface area contributed by atoms with Gasteiger partial charge in [-0.3, -0.25) is 4.90 Å². The first-order chi connectivity index (χ1) is 5.11. The van der Waals surface area contributed by atoms with E-state index in [9.17, 15) is 4.79 Å². The maximum atomic E-state index is 11.0. The summed E-state index contributed by atoms with van der Waals surface area (Å²) in [7, 11) is 0. The Kier molecular flexibility index (Phi) is 1.18. The predicted octanol–water partition coefficient (Wildman–Crippen LogP) is 0.146. The van der Waals surface area contributed by atoms with Gasteiger partial charge in [0.25, 0.3) is 0 Å². The average Bonchev–Trinajstić information content (AvgIpc) is 1.77. The lowest BCUT2D eigenvalue weighted by Crippen LogP contribution is -2.72. The van der Waals surface area contributed by atoms with Gasteiger partial charge >= 0.3 is 6.09 Å². The van der Waals surface area contributed by atoms with Crippen molar-refractivity contribution in [2.75, 3.05) is 13.1 Å². The fraction of sp³-hybridized carbons (Fsp3) is 0.857. The van der Waals surface area contributed by atoms with Gasteiger partial charge in [-0.25, -0.2) is 4.79 Å². The highest BCUT2D eigenvalue weighted by Crippen LogP contribution is 2.31. The van der Waals surface area contributed by atoms with Crippen molar-refractivity contribution in [3.8, 4) is 0 Å². The number of cyclic esters (lactones) is 1. The van der Waals surface area contributed by atoms with Gasteiger partial charge in [-0.1, -0.05) is 0 Å². The van der Waals surface area contributed by atoms with Gasteiger partial charge in [0.2, 0.25) is 0 Å². The molecule has 0 aliphatic carbocycles. The molecule has 2 rings (SSSR count). The van der Waals surface area contributed by atoms with Crippen molar-refractivity contribution in [1.82, 2.24) is 10.2 Å². The number of rotatable bonds is 1. The summed E-state index contributed by atoms with van der Waals surface area (Å²) in [4.78, 5) is 12.8. The van der Waals surface area contributed by atoms with Crippen molar-refractivity contribution in [1.29, 1.82) is 0 Å². The number of ether oxygens (including phenoxy) is 1. The molecule has 2 aliphatic heterocycles. The van der Waals surface area contributed by atoms with Gasteiger partial charge in [-0.15, -0.1) is 0 Å². The van der Waals surface area contributed by atoms with Crippen LogP contribution in [0.4, 0.5) is 4.79 Å². The highest BCUT2D eigenvalue weighted by molar-refractivity contribution is 5.74. The van der Waals surface area contributed by atoms with E-state index in [0.717, 1.165) is 13.1 Å². The van der Waals surface area contributed by atoms with E-state index in [-0.39, 0.29) is 11.8 Å². The molecule has 2 saturated heterocycles. The van der Waals surface area contributed by atoms with Crippen molar-refractivity contribution < 1.29 is 9.53 Å². The molecule has 0 saturated carbocycles. The molecular formula is C7H12N2O2.